The molecule has 0 atom stereocenters. The van der Waals surface area contributed by atoms with Crippen molar-refractivity contribution in [2.45, 2.75) is 26.5 Å². The number of hydrogen-bond donors (Lipinski definition) is 1. The highest BCUT2D eigenvalue weighted by Gasteiger charge is 2.06. The summed E-state index contributed by atoms with van der Waals surface area (Å²) in [5.41, 5.74) is 1.92. The SMILES string of the molecule is CCCNCc1coc(OCc2ccccc2Br)n1. The number of nitrogens with zero attached hydrogens (tertiary/aromatic N) is 1. The molecule has 0 fully saturated rings. The van der Waals surface area contributed by atoms with Gasteiger partial charge in [-0.15, -0.1) is 0 Å². The third kappa shape index (κ3) is 4.36. The maximum Gasteiger partial charge on any atom is 0.394 e. The van der Waals surface area contributed by atoms with E-state index < -0.39 is 0 Å². The molecule has 0 amide bonds. The molecule has 2 aromatic rings. The molecule has 0 saturated heterocycles. The van der Waals surface area contributed by atoms with Crippen molar-refractivity contribution >= 4 is 15.9 Å². The van der Waals surface area contributed by atoms with Crippen LogP contribution in [0.3, 0.4) is 0 Å². The van der Waals surface area contributed by atoms with Crippen LogP contribution in [0, 0.1) is 0 Å². The lowest BCUT2D eigenvalue weighted by atomic mass is 10.2. The Kier molecular flexibility index (Phi) is 5.42. The minimum absolute atomic E-state index is 0.309. The van der Waals surface area contributed by atoms with Crippen LogP contribution in [0.15, 0.2) is 39.4 Å². The number of hydrogen-bond acceptors (Lipinski definition) is 4. The molecule has 4 nitrogen and oxygen atoms in total. The fourth-order valence-corrected chi connectivity index (χ4v) is 1.98. The minimum atomic E-state index is 0.309. The van der Waals surface area contributed by atoms with Gasteiger partial charge in [-0.25, -0.2) is 0 Å². The Morgan fingerprint density at radius 3 is 3.00 bits per heavy atom. The van der Waals surface area contributed by atoms with E-state index in [4.69, 9.17) is 9.15 Å². The van der Waals surface area contributed by atoms with E-state index in [2.05, 4.69) is 33.2 Å². The number of oxazole rings is 1. The third-order valence-electron chi connectivity index (χ3n) is 2.57. The van der Waals surface area contributed by atoms with Crippen LogP contribution in [0.2, 0.25) is 0 Å². The van der Waals surface area contributed by atoms with Crippen LogP contribution in [0.1, 0.15) is 24.6 Å². The summed E-state index contributed by atoms with van der Waals surface area (Å²) in [5, 5.41) is 3.26. The van der Waals surface area contributed by atoms with E-state index in [-0.39, 0.29) is 0 Å². The summed E-state index contributed by atoms with van der Waals surface area (Å²) in [6.45, 7) is 4.24. The van der Waals surface area contributed by atoms with E-state index in [1.807, 2.05) is 24.3 Å². The van der Waals surface area contributed by atoms with Gasteiger partial charge in [-0.2, -0.15) is 4.98 Å². The van der Waals surface area contributed by atoms with Gasteiger partial charge in [-0.3, -0.25) is 0 Å². The molecule has 0 aliphatic rings. The van der Waals surface area contributed by atoms with Gasteiger partial charge in [0.05, 0.1) is 5.69 Å². The number of rotatable bonds is 7. The number of halogens is 1. The van der Waals surface area contributed by atoms with Crippen LogP contribution in [-0.2, 0) is 13.2 Å². The van der Waals surface area contributed by atoms with Gasteiger partial charge in [-0.1, -0.05) is 41.1 Å². The minimum Gasteiger partial charge on any atom is -0.445 e. The van der Waals surface area contributed by atoms with Gasteiger partial charge in [-0.05, 0) is 19.0 Å². The molecule has 0 spiro atoms. The summed E-state index contributed by atoms with van der Waals surface area (Å²) >= 11 is 3.48. The van der Waals surface area contributed by atoms with Gasteiger partial charge >= 0.3 is 6.08 Å². The van der Waals surface area contributed by atoms with Crippen LogP contribution in [0.4, 0.5) is 0 Å². The Balaban J connectivity index is 1.85. The zero-order valence-corrected chi connectivity index (χ0v) is 12.4. The van der Waals surface area contributed by atoms with Crippen molar-refractivity contribution in [3.8, 4) is 6.08 Å². The summed E-state index contributed by atoms with van der Waals surface area (Å²) in [7, 11) is 0. The molecule has 0 radical (unpaired) electrons. The molecular formula is C14H17BrN2O2. The van der Waals surface area contributed by atoms with Gasteiger partial charge < -0.3 is 14.5 Å². The van der Waals surface area contributed by atoms with Crippen LogP contribution < -0.4 is 10.1 Å². The van der Waals surface area contributed by atoms with Gasteiger partial charge in [0, 0.05) is 16.6 Å². The highest BCUT2D eigenvalue weighted by atomic mass is 79.9. The molecule has 0 aliphatic heterocycles. The Bertz CT molecular complexity index is 514. The second kappa shape index (κ2) is 7.31. The summed E-state index contributed by atoms with van der Waals surface area (Å²) in [6, 6.07) is 7.92. The van der Waals surface area contributed by atoms with Crippen molar-refractivity contribution in [3.63, 3.8) is 0 Å². The first-order valence-corrected chi connectivity index (χ1v) is 7.10. The van der Waals surface area contributed by atoms with Gasteiger partial charge in [0.1, 0.15) is 12.9 Å². The maximum atomic E-state index is 5.52. The van der Waals surface area contributed by atoms with Crippen LogP contribution in [0.25, 0.3) is 0 Å². The quantitative estimate of drug-likeness (QED) is 0.792. The van der Waals surface area contributed by atoms with E-state index in [0.717, 1.165) is 28.7 Å². The molecule has 1 heterocycles. The standard InChI is InChI=1S/C14H17BrN2O2/c1-2-7-16-8-12-10-19-14(17-12)18-9-11-5-3-4-6-13(11)15/h3-6,10,16H,2,7-9H2,1H3. The molecule has 0 unspecified atom stereocenters. The molecule has 2 rings (SSSR count). The molecule has 5 heteroatoms. The number of benzene rings is 1. The molecule has 0 saturated carbocycles. The molecule has 1 N–H and O–H groups in total. The van der Waals surface area contributed by atoms with Crippen molar-refractivity contribution in [1.29, 1.82) is 0 Å². The highest BCUT2D eigenvalue weighted by Crippen LogP contribution is 2.18. The first kappa shape index (κ1) is 14.1. The van der Waals surface area contributed by atoms with Crippen LogP contribution in [-0.4, -0.2) is 11.5 Å². The van der Waals surface area contributed by atoms with E-state index in [1.54, 1.807) is 6.26 Å². The summed E-state index contributed by atoms with van der Waals surface area (Å²) < 4.78 is 11.8. The largest absolute Gasteiger partial charge is 0.445 e. The van der Waals surface area contributed by atoms with Crippen molar-refractivity contribution in [3.05, 3.63) is 46.3 Å². The molecule has 0 aliphatic carbocycles. The van der Waals surface area contributed by atoms with Crippen LogP contribution >= 0.6 is 15.9 Å². The second-order valence-corrected chi connectivity index (χ2v) is 5.02. The Hall–Kier alpha value is -1.33. The lowest BCUT2D eigenvalue weighted by Gasteiger charge is -2.03. The monoisotopic (exact) mass is 324 g/mol. The summed E-state index contributed by atoms with van der Waals surface area (Å²) in [5.74, 6) is 0. The summed E-state index contributed by atoms with van der Waals surface area (Å²) in [4.78, 5) is 4.26. The predicted octanol–water partition coefficient (Wildman–Crippen LogP) is 3.52. The molecule has 19 heavy (non-hydrogen) atoms. The molecule has 1 aromatic heterocycles. The highest BCUT2D eigenvalue weighted by molar-refractivity contribution is 9.10. The average Bonchev–Trinajstić information content (AvgIpc) is 2.86. The zero-order valence-electron chi connectivity index (χ0n) is 10.9. The van der Waals surface area contributed by atoms with Crippen LogP contribution in [0.5, 0.6) is 6.08 Å². The number of ether oxygens (including phenoxy) is 1. The van der Waals surface area contributed by atoms with E-state index in [0.29, 0.717) is 19.2 Å². The van der Waals surface area contributed by atoms with E-state index in [9.17, 15) is 0 Å². The first-order chi connectivity index (χ1) is 9.29. The molecule has 1 aromatic carbocycles. The van der Waals surface area contributed by atoms with Crippen molar-refractivity contribution < 1.29 is 9.15 Å². The summed E-state index contributed by atoms with van der Waals surface area (Å²) in [6.07, 6.45) is 3.03. The van der Waals surface area contributed by atoms with E-state index in [1.165, 1.54) is 0 Å². The van der Waals surface area contributed by atoms with Gasteiger partial charge in [0.15, 0.2) is 0 Å². The fraction of sp³-hybridized carbons (Fsp3) is 0.357. The van der Waals surface area contributed by atoms with Crippen molar-refractivity contribution in [2.24, 2.45) is 0 Å². The molecule has 0 bridgehead atoms. The Morgan fingerprint density at radius 1 is 1.37 bits per heavy atom. The second-order valence-electron chi connectivity index (χ2n) is 4.16. The predicted molar refractivity (Wildman–Crippen MR) is 77.0 cm³/mol. The number of nitrogens with one attached hydrogen (secondary N) is 1. The average molecular weight is 325 g/mol. The zero-order chi connectivity index (χ0) is 13.5. The lowest BCUT2D eigenvalue weighted by Crippen LogP contribution is -2.13. The fourth-order valence-electron chi connectivity index (χ4n) is 1.58. The molecule has 102 valence electrons. The van der Waals surface area contributed by atoms with E-state index >= 15 is 0 Å². The first-order valence-electron chi connectivity index (χ1n) is 6.31. The van der Waals surface area contributed by atoms with Gasteiger partial charge in [0.2, 0.25) is 0 Å². The smallest absolute Gasteiger partial charge is 0.394 e. The Morgan fingerprint density at radius 2 is 2.21 bits per heavy atom. The van der Waals surface area contributed by atoms with Crippen molar-refractivity contribution in [2.75, 3.05) is 6.54 Å². The van der Waals surface area contributed by atoms with Crippen molar-refractivity contribution in [1.82, 2.24) is 10.3 Å². The topological polar surface area (TPSA) is 47.3 Å². The number of aromatic nitrogens is 1. The maximum absolute atomic E-state index is 5.52. The molecular weight excluding hydrogens is 308 g/mol. The van der Waals surface area contributed by atoms with Gasteiger partial charge in [0.25, 0.3) is 0 Å². The normalized spacial score (nSPS) is 10.6. The Labute approximate surface area is 121 Å². The lowest BCUT2D eigenvalue weighted by molar-refractivity contribution is 0.219. The third-order valence-corrected chi connectivity index (χ3v) is 3.35.